The molecule has 2 aromatic rings. The van der Waals surface area contributed by atoms with Crippen LogP contribution in [-0.4, -0.2) is 30.4 Å². The lowest BCUT2D eigenvalue weighted by atomic mass is 10.1. The number of benzene rings is 2. The second-order valence-electron chi connectivity index (χ2n) is 6.64. The molecule has 2 N–H and O–H groups in total. The molecule has 1 aliphatic heterocycles. The second-order valence-corrected chi connectivity index (χ2v) is 6.64. The molecule has 7 heteroatoms. The Labute approximate surface area is 182 Å². The molecule has 28 heavy (non-hydrogen) atoms. The standard InChI is InChI=1S/C21H25FN4O.HI/c1-23-21(24-13-16-7-9-19(22)10-8-16)25-14-17-4-2-5-18(12-17)15-26-11-3-6-20(26)27;/h2,4-5,7-10,12H,3,6,11,13-15H2,1H3,(H2,23,24,25);1H. The number of nitrogens with zero attached hydrogens (tertiary/aromatic N) is 2. The van der Waals surface area contributed by atoms with Gasteiger partial charge in [0.15, 0.2) is 5.96 Å². The highest BCUT2D eigenvalue weighted by Gasteiger charge is 2.19. The minimum atomic E-state index is -0.239. The summed E-state index contributed by atoms with van der Waals surface area (Å²) in [5, 5.41) is 6.50. The van der Waals surface area contributed by atoms with Crippen molar-refractivity contribution in [2.75, 3.05) is 13.6 Å². The van der Waals surface area contributed by atoms with Gasteiger partial charge in [0.2, 0.25) is 5.91 Å². The molecule has 3 rings (SSSR count). The fourth-order valence-corrected chi connectivity index (χ4v) is 3.12. The molecular formula is C21H26FIN4O. The van der Waals surface area contributed by atoms with Crippen molar-refractivity contribution in [3.05, 3.63) is 71.0 Å². The number of hydrogen-bond donors (Lipinski definition) is 2. The van der Waals surface area contributed by atoms with Gasteiger partial charge in [-0.05, 0) is 35.2 Å². The second kappa shape index (κ2) is 11.0. The van der Waals surface area contributed by atoms with Gasteiger partial charge in [-0.15, -0.1) is 24.0 Å². The number of halogens is 2. The van der Waals surface area contributed by atoms with E-state index < -0.39 is 0 Å². The Balaban J connectivity index is 0.00000280. The maximum atomic E-state index is 13.0. The van der Waals surface area contributed by atoms with Crippen LogP contribution < -0.4 is 10.6 Å². The highest BCUT2D eigenvalue weighted by Crippen LogP contribution is 2.15. The molecule has 0 radical (unpaired) electrons. The molecule has 0 atom stereocenters. The topological polar surface area (TPSA) is 56.7 Å². The first-order chi connectivity index (χ1) is 13.1. The molecule has 0 aromatic heterocycles. The molecule has 1 aliphatic rings. The lowest BCUT2D eigenvalue weighted by Gasteiger charge is -2.16. The molecule has 1 fully saturated rings. The van der Waals surface area contributed by atoms with Gasteiger partial charge in [-0.2, -0.15) is 0 Å². The average molecular weight is 496 g/mol. The molecule has 2 aromatic carbocycles. The Kier molecular flexibility index (Phi) is 8.69. The van der Waals surface area contributed by atoms with Gasteiger partial charge >= 0.3 is 0 Å². The van der Waals surface area contributed by atoms with Gasteiger partial charge in [-0.1, -0.05) is 36.4 Å². The number of rotatable bonds is 6. The van der Waals surface area contributed by atoms with Crippen LogP contribution >= 0.6 is 24.0 Å². The molecule has 0 unspecified atom stereocenters. The van der Waals surface area contributed by atoms with E-state index in [-0.39, 0.29) is 35.7 Å². The van der Waals surface area contributed by atoms with E-state index in [1.165, 1.54) is 12.1 Å². The predicted octanol–water partition coefficient (Wildman–Crippen LogP) is 3.43. The lowest BCUT2D eigenvalue weighted by Crippen LogP contribution is -2.36. The normalized spacial score (nSPS) is 14.0. The SMILES string of the molecule is CN=C(NCc1ccc(F)cc1)NCc1cccc(CN2CCCC2=O)c1.I. The Morgan fingerprint density at radius 3 is 2.39 bits per heavy atom. The van der Waals surface area contributed by atoms with Crippen LogP contribution in [0, 0.1) is 5.82 Å². The van der Waals surface area contributed by atoms with Gasteiger partial charge < -0.3 is 15.5 Å². The molecule has 0 bridgehead atoms. The minimum absolute atomic E-state index is 0. The van der Waals surface area contributed by atoms with E-state index in [0.29, 0.717) is 32.0 Å². The van der Waals surface area contributed by atoms with Crippen LogP contribution in [0.4, 0.5) is 4.39 Å². The van der Waals surface area contributed by atoms with Crippen LogP contribution in [0.1, 0.15) is 29.5 Å². The van der Waals surface area contributed by atoms with Gasteiger partial charge in [0.05, 0.1) is 0 Å². The quantitative estimate of drug-likeness (QED) is 0.366. The van der Waals surface area contributed by atoms with E-state index in [0.717, 1.165) is 29.7 Å². The molecule has 1 saturated heterocycles. The van der Waals surface area contributed by atoms with Gasteiger partial charge in [0, 0.05) is 39.6 Å². The highest BCUT2D eigenvalue weighted by molar-refractivity contribution is 14.0. The van der Waals surface area contributed by atoms with Gasteiger partial charge in [0.25, 0.3) is 0 Å². The molecule has 0 spiro atoms. The maximum absolute atomic E-state index is 13.0. The monoisotopic (exact) mass is 496 g/mol. The number of amides is 1. The number of likely N-dealkylation sites (tertiary alicyclic amines) is 1. The highest BCUT2D eigenvalue weighted by atomic mass is 127. The summed E-state index contributed by atoms with van der Waals surface area (Å²) in [6.45, 7) is 2.72. The fourth-order valence-electron chi connectivity index (χ4n) is 3.12. The van der Waals surface area contributed by atoms with Crippen LogP contribution in [0.15, 0.2) is 53.5 Å². The zero-order chi connectivity index (χ0) is 19.1. The summed E-state index contributed by atoms with van der Waals surface area (Å²) < 4.78 is 13.0. The maximum Gasteiger partial charge on any atom is 0.222 e. The number of carbonyl (C=O) groups excluding carboxylic acids is 1. The van der Waals surface area contributed by atoms with Crippen molar-refractivity contribution in [1.82, 2.24) is 15.5 Å². The van der Waals surface area contributed by atoms with Crippen LogP contribution in [0.2, 0.25) is 0 Å². The smallest absolute Gasteiger partial charge is 0.222 e. The van der Waals surface area contributed by atoms with Gasteiger partial charge in [0.1, 0.15) is 5.82 Å². The number of aliphatic imine (C=N–C) groups is 1. The van der Waals surface area contributed by atoms with Crippen molar-refractivity contribution in [1.29, 1.82) is 0 Å². The van der Waals surface area contributed by atoms with E-state index in [9.17, 15) is 9.18 Å². The number of nitrogens with one attached hydrogen (secondary N) is 2. The Morgan fingerprint density at radius 2 is 1.75 bits per heavy atom. The first-order valence-electron chi connectivity index (χ1n) is 9.18. The number of guanidine groups is 1. The van der Waals surface area contributed by atoms with E-state index in [1.807, 2.05) is 11.0 Å². The van der Waals surface area contributed by atoms with Gasteiger partial charge in [-0.25, -0.2) is 4.39 Å². The Hall–Kier alpha value is -2.16. The van der Waals surface area contributed by atoms with E-state index in [1.54, 1.807) is 19.2 Å². The molecular weight excluding hydrogens is 470 g/mol. The van der Waals surface area contributed by atoms with Crippen LogP contribution in [0.3, 0.4) is 0 Å². The first kappa shape index (κ1) is 22.1. The molecule has 0 saturated carbocycles. The third-order valence-corrected chi connectivity index (χ3v) is 4.59. The third-order valence-electron chi connectivity index (χ3n) is 4.59. The lowest BCUT2D eigenvalue weighted by molar-refractivity contribution is -0.128. The average Bonchev–Trinajstić information content (AvgIpc) is 3.08. The molecule has 5 nitrogen and oxygen atoms in total. The summed E-state index contributed by atoms with van der Waals surface area (Å²) in [6, 6.07) is 14.6. The Bertz CT molecular complexity index is 810. The van der Waals surface area contributed by atoms with Crippen molar-refractivity contribution in [3.8, 4) is 0 Å². The predicted molar refractivity (Wildman–Crippen MR) is 120 cm³/mol. The zero-order valence-electron chi connectivity index (χ0n) is 16.0. The van der Waals surface area contributed by atoms with Gasteiger partial charge in [-0.3, -0.25) is 9.79 Å². The Morgan fingerprint density at radius 1 is 1.07 bits per heavy atom. The van der Waals surface area contributed by atoms with Crippen LogP contribution in [0.25, 0.3) is 0 Å². The van der Waals surface area contributed by atoms with Crippen LogP contribution in [0.5, 0.6) is 0 Å². The summed E-state index contributed by atoms with van der Waals surface area (Å²) in [5.74, 6) is 0.681. The van der Waals surface area contributed by atoms with Crippen molar-refractivity contribution >= 4 is 35.8 Å². The number of hydrogen-bond acceptors (Lipinski definition) is 2. The van der Waals surface area contributed by atoms with E-state index >= 15 is 0 Å². The van der Waals surface area contributed by atoms with Crippen LogP contribution in [-0.2, 0) is 24.4 Å². The van der Waals surface area contributed by atoms with Crippen molar-refractivity contribution in [3.63, 3.8) is 0 Å². The summed E-state index contributed by atoms with van der Waals surface area (Å²) >= 11 is 0. The molecule has 0 aliphatic carbocycles. The summed E-state index contributed by atoms with van der Waals surface area (Å²) in [5.41, 5.74) is 3.25. The first-order valence-corrected chi connectivity index (χ1v) is 9.18. The molecule has 1 amide bonds. The fraction of sp³-hybridized carbons (Fsp3) is 0.333. The van der Waals surface area contributed by atoms with Crippen molar-refractivity contribution in [2.24, 2.45) is 4.99 Å². The van der Waals surface area contributed by atoms with E-state index in [2.05, 4.69) is 33.8 Å². The molecule has 150 valence electrons. The summed E-state index contributed by atoms with van der Waals surface area (Å²) in [7, 11) is 1.72. The largest absolute Gasteiger partial charge is 0.352 e. The number of carbonyl (C=O) groups is 1. The molecule has 1 heterocycles. The van der Waals surface area contributed by atoms with Crippen molar-refractivity contribution < 1.29 is 9.18 Å². The summed E-state index contributed by atoms with van der Waals surface area (Å²) in [6.07, 6.45) is 1.62. The van der Waals surface area contributed by atoms with Crippen molar-refractivity contribution in [2.45, 2.75) is 32.5 Å². The third kappa shape index (κ3) is 6.47. The zero-order valence-corrected chi connectivity index (χ0v) is 18.3. The van der Waals surface area contributed by atoms with E-state index in [4.69, 9.17) is 0 Å². The minimum Gasteiger partial charge on any atom is -0.352 e. The summed E-state index contributed by atoms with van der Waals surface area (Å²) in [4.78, 5) is 17.9.